The molecule has 1 rings (SSSR count). The van der Waals surface area contributed by atoms with E-state index >= 15 is 0 Å². The normalized spacial score (nSPS) is 11.9. The number of hydrogen-bond donors (Lipinski definition) is 2. The maximum Gasteiger partial charge on any atom is 0.224 e. The van der Waals surface area contributed by atoms with Crippen LogP contribution in [-0.2, 0) is 4.79 Å². The van der Waals surface area contributed by atoms with Crippen molar-refractivity contribution in [2.45, 2.75) is 19.8 Å². The minimum Gasteiger partial charge on any atom is -0.381 e. The molecule has 0 aliphatic rings. The van der Waals surface area contributed by atoms with E-state index in [4.69, 9.17) is 5.73 Å². The molecule has 0 saturated carbocycles. The van der Waals surface area contributed by atoms with Crippen LogP contribution in [0.5, 0.6) is 0 Å². The predicted octanol–water partition coefficient (Wildman–Crippen LogP) is 2.26. The largest absolute Gasteiger partial charge is 0.381 e. The molecule has 0 spiro atoms. The van der Waals surface area contributed by atoms with Gasteiger partial charge in [-0.3, -0.25) is 4.79 Å². The van der Waals surface area contributed by atoms with E-state index in [2.05, 4.69) is 11.9 Å². The molecule has 1 aromatic carbocycles. The van der Waals surface area contributed by atoms with Crippen LogP contribution in [0.3, 0.4) is 0 Å². The Kier molecular flexibility index (Phi) is 4.11. The van der Waals surface area contributed by atoms with Crippen LogP contribution in [0.15, 0.2) is 36.4 Å². The molecule has 1 atom stereocenters. The Hall–Kier alpha value is -1.77. The Labute approximate surface area is 96.3 Å². The molecule has 0 radical (unpaired) electrons. The summed E-state index contributed by atoms with van der Waals surface area (Å²) < 4.78 is 0. The molecule has 3 N–H and O–H groups in total. The van der Waals surface area contributed by atoms with E-state index in [0.29, 0.717) is 0 Å². The van der Waals surface area contributed by atoms with Crippen LogP contribution in [0, 0.1) is 0 Å². The minimum atomic E-state index is -0.303. The number of primary amides is 1. The summed E-state index contributed by atoms with van der Waals surface area (Å²) in [5.41, 5.74) is 8.27. The third-order valence-corrected chi connectivity index (χ3v) is 2.43. The Bertz CT molecular complexity index is 381. The van der Waals surface area contributed by atoms with Crippen molar-refractivity contribution in [3.05, 3.63) is 42.0 Å². The number of rotatable bonds is 5. The van der Waals surface area contributed by atoms with Crippen LogP contribution in [-0.4, -0.2) is 12.5 Å². The zero-order valence-corrected chi connectivity index (χ0v) is 9.79. The van der Waals surface area contributed by atoms with E-state index in [-0.39, 0.29) is 11.8 Å². The average Bonchev–Trinajstić information content (AvgIpc) is 2.26. The zero-order valence-electron chi connectivity index (χ0n) is 9.79. The van der Waals surface area contributed by atoms with Gasteiger partial charge in [-0.2, -0.15) is 0 Å². The number of amides is 1. The van der Waals surface area contributed by atoms with Crippen molar-refractivity contribution in [1.82, 2.24) is 0 Å². The number of nitrogens with two attached hydrogens (primary N) is 1. The molecule has 0 heterocycles. The number of nitrogens with one attached hydrogen (secondary N) is 1. The smallest absolute Gasteiger partial charge is 0.224 e. The molecular weight excluding hydrogens is 200 g/mol. The van der Waals surface area contributed by atoms with Gasteiger partial charge in [-0.1, -0.05) is 24.3 Å². The van der Waals surface area contributed by atoms with Crippen molar-refractivity contribution in [3.8, 4) is 0 Å². The summed E-state index contributed by atoms with van der Waals surface area (Å²) in [6.45, 7) is 8.34. The first kappa shape index (κ1) is 12.3. The van der Waals surface area contributed by atoms with Gasteiger partial charge in [0.05, 0.1) is 5.92 Å². The van der Waals surface area contributed by atoms with E-state index in [9.17, 15) is 4.79 Å². The first-order chi connectivity index (χ1) is 7.50. The van der Waals surface area contributed by atoms with Crippen molar-refractivity contribution >= 4 is 11.6 Å². The SMILES string of the molecule is C=C(C)CNc1ccc(C(C)C(N)=O)cc1. The Balaban J connectivity index is 2.67. The molecule has 3 nitrogen and oxygen atoms in total. The minimum absolute atomic E-state index is 0.241. The van der Waals surface area contributed by atoms with Gasteiger partial charge in [0, 0.05) is 12.2 Å². The quantitative estimate of drug-likeness (QED) is 0.745. The molecule has 0 bridgehead atoms. The third-order valence-electron chi connectivity index (χ3n) is 2.43. The first-order valence-corrected chi connectivity index (χ1v) is 5.28. The third kappa shape index (κ3) is 3.42. The van der Waals surface area contributed by atoms with Crippen LogP contribution in [0.2, 0.25) is 0 Å². The van der Waals surface area contributed by atoms with Crippen LogP contribution < -0.4 is 11.1 Å². The van der Waals surface area contributed by atoms with Gasteiger partial charge in [-0.15, -0.1) is 0 Å². The lowest BCUT2D eigenvalue weighted by Crippen LogP contribution is -2.18. The van der Waals surface area contributed by atoms with Crippen molar-refractivity contribution < 1.29 is 4.79 Å². The molecule has 0 saturated heterocycles. The summed E-state index contributed by atoms with van der Waals surface area (Å²) in [4.78, 5) is 11.0. The van der Waals surface area contributed by atoms with E-state index < -0.39 is 0 Å². The number of carbonyl (C=O) groups excluding carboxylic acids is 1. The summed E-state index contributed by atoms with van der Waals surface area (Å²) >= 11 is 0. The molecule has 0 aliphatic carbocycles. The van der Waals surface area contributed by atoms with Gasteiger partial charge in [0.2, 0.25) is 5.91 Å². The van der Waals surface area contributed by atoms with Crippen LogP contribution in [0.1, 0.15) is 25.3 Å². The van der Waals surface area contributed by atoms with Gasteiger partial charge >= 0.3 is 0 Å². The fourth-order valence-electron chi connectivity index (χ4n) is 1.31. The van der Waals surface area contributed by atoms with E-state index in [1.165, 1.54) is 0 Å². The van der Waals surface area contributed by atoms with E-state index in [1.54, 1.807) is 6.92 Å². The topological polar surface area (TPSA) is 55.1 Å². The lowest BCUT2D eigenvalue weighted by Gasteiger charge is -2.10. The second kappa shape index (κ2) is 5.35. The highest BCUT2D eigenvalue weighted by molar-refractivity contribution is 5.81. The summed E-state index contributed by atoms with van der Waals surface area (Å²) in [5.74, 6) is -0.544. The van der Waals surface area contributed by atoms with Gasteiger partial charge in [-0.05, 0) is 31.5 Å². The van der Waals surface area contributed by atoms with Gasteiger partial charge in [0.15, 0.2) is 0 Å². The molecule has 1 amide bonds. The van der Waals surface area contributed by atoms with Crippen molar-refractivity contribution in [1.29, 1.82) is 0 Å². The molecular formula is C13H18N2O. The van der Waals surface area contributed by atoms with Crippen molar-refractivity contribution in [2.75, 3.05) is 11.9 Å². The van der Waals surface area contributed by atoms with Crippen LogP contribution in [0.25, 0.3) is 0 Å². The van der Waals surface area contributed by atoms with E-state index in [0.717, 1.165) is 23.4 Å². The molecule has 0 fully saturated rings. The van der Waals surface area contributed by atoms with Crippen molar-refractivity contribution in [2.24, 2.45) is 5.73 Å². The number of carbonyl (C=O) groups is 1. The zero-order chi connectivity index (χ0) is 12.1. The molecule has 3 heteroatoms. The highest BCUT2D eigenvalue weighted by Crippen LogP contribution is 2.17. The average molecular weight is 218 g/mol. The number of benzene rings is 1. The molecule has 0 aromatic heterocycles. The van der Waals surface area contributed by atoms with Crippen molar-refractivity contribution in [3.63, 3.8) is 0 Å². The number of anilines is 1. The number of hydrogen-bond acceptors (Lipinski definition) is 2. The predicted molar refractivity (Wildman–Crippen MR) is 67.4 cm³/mol. The van der Waals surface area contributed by atoms with Gasteiger partial charge in [-0.25, -0.2) is 0 Å². The maximum absolute atomic E-state index is 11.0. The summed E-state index contributed by atoms with van der Waals surface area (Å²) in [5, 5.41) is 3.22. The van der Waals surface area contributed by atoms with Gasteiger partial charge in [0.25, 0.3) is 0 Å². The summed E-state index contributed by atoms with van der Waals surface area (Å²) in [7, 11) is 0. The van der Waals surface area contributed by atoms with Gasteiger partial charge < -0.3 is 11.1 Å². The second-order valence-corrected chi connectivity index (χ2v) is 4.06. The Morgan fingerprint density at radius 2 is 2.00 bits per heavy atom. The fraction of sp³-hybridized carbons (Fsp3) is 0.308. The lowest BCUT2D eigenvalue weighted by molar-refractivity contribution is -0.119. The molecule has 1 aromatic rings. The van der Waals surface area contributed by atoms with Crippen LogP contribution in [0.4, 0.5) is 5.69 Å². The molecule has 16 heavy (non-hydrogen) atoms. The maximum atomic E-state index is 11.0. The molecule has 0 aliphatic heterocycles. The summed E-state index contributed by atoms with van der Waals surface area (Å²) in [6.07, 6.45) is 0. The highest BCUT2D eigenvalue weighted by atomic mass is 16.1. The Morgan fingerprint density at radius 3 is 2.44 bits per heavy atom. The Morgan fingerprint density at radius 1 is 1.44 bits per heavy atom. The van der Waals surface area contributed by atoms with Crippen LogP contribution >= 0.6 is 0 Å². The second-order valence-electron chi connectivity index (χ2n) is 4.06. The van der Waals surface area contributed by atoms with E-state index in [1.807, 2.05) is 31.2 Å². The first-order valence-electron chi connectivity index (χ1n) is 5.28. The standard InChI is InChI=1S/C13H18N2O/c1-9(2)8-15-12-6-4-11(5-7-12)10(3)13(14)16/h4-7,10,15H,1,8H2,2-3H3,(H2,14,16). The highest BCUT2D eigenvalue weighted by Gasteiger charge is 2.10. The monoisotopic (exact) mass is 218 g/mol. The van der Waals surface area contributed by atoms with Gasteiger partial charge in [0.1, 0.15) is 0 Å². The fourth-order valence-corrected chi connectivity index (χ4v) is 1.31. The summed E-state index contributed by atoms with van der Waals surface area (Å²) in [6, 6.07) is 7.71. The lowest BCUT2D eigenvalue weighted by atomic mass is 10.0. The molecule has 1 unspecified atom stereocenters. The molecule has 86 valence electrons.